The molecule has 0 heterocycles. The zero-order valence-electron chi connectivity index (χ0n) is 8.95. The molecule has 0 spiro atoms. The Morgan fingerprint density at radius 1 is 0.941 bits per heavy atom. The van der Waals surface area contributed by atoms with E-state index in [0.717, 1.165) is 5.56 Å². The second kappa shape index (κ2) is 4.57. The van der Waals surface area contributed by atoms with Gasteiger partial charge in [0.05, 0.1) is 6.07 Å². The Bertz CT molecular complexity index is 550. The summed E-state index contributed by atoms with van der Waals surface area (Å²) in [6.07, 6.45) is 1.39. The van der Waals surface area contributed by atoms with Gasteiger partial charge in [0.25, 0.3) is 0 Å². The Labute approximate surface area is 98.3 Å². The maximum Gasteiger partial charge on any atom is 0.220 e. The Hall–Kier alpha value is -2.49. The van der Waals surface area contributed by atoms with Crippen LogP contribution in [0.5, 0.6) is 11.5 Å². The van der Waals surface area contributed by atoms with E-state index in [9.17, 15) is 10.3 Å². The molecule has 4 heteroatoms. The molecule has 86 valence electrons. The van der Waals surface area contributed by atoms with Crippen LogP contribution < -0.4 is 0 Å². The number of aromatic hydroxyl groups is 2. The maximum absolute atomic E-state index is 11.7. The lowest BCUT2D eigenvalue weighted by Gasteiger charge is -2.04. The quantitative estimate of drug-likeness (QED) is 0.273. The number of phenols is 2. The van der Waals surface area contributed by atoms with Gasteiger partial charge >= 0.3 is 0 Å². The SMILES string of the molecule is [O-][N+](=Cc1ccccc1)c1ccc(O)c(O)c1. The molecule has 0 aliphatic carbocycles. The summed E-state index contributed by atoms with van der Waals surface area (Å²) in [6.45, 7) is 0. The van der Waals surface area contributed by atoms with Crippen LogP contribution in [0.2, 0.25) is 0 Å². The average molecular weight is 229 g/mol. The van der Waals surface area contributed by atoms with Crippen LogP contribution in [0.25, 0.3) is 0 Å². The van der Waals surface area contributed by atoms with Crippen LogP contribution in [0.4, 0.5) is 5.69 Å². The molecule has 0 saturated heterocycles. The highest BCUT2D eigenvalue weighted by molar-refractivity contribution is 5.76. The van der Waals surface area contributed by atoms with E-state index >= 15 is 0 Å². The lowest BCUT2D eigenvalue weighted by atomic mass is 10.2. The lowest BCUT2D eigenvalue weighted by molar-refractivity contribution is -0.354. The molecule has 0 aliphatic heterocycles. The zero-order chi connectivity index (χ0) is 12.3. The summed E-state index contributed by atoms with van der Waals surface area (Å²) in [5.41, 5.74) is 1.01. The number of hydrogen-bond acceptors (Lipinski definition) is 3. The third kappa shape index (κ3) is 2.55. The number of nitrogens with zero attached hydrogens (tertiary/aromatic N) is 1. The molecule has 0 fully saturated rings. The van der Waals surface area contributed by atoms with Crippen LogP contribution in [-0.4, -0.2) is 21.2 Å². The topological polar surface area (TPSA) is 66.5 Å². The Kier molecular flexibility index (Phi) is 2.96. The largest absolute Gasteiger partial charge is 0.618 e. The highest BCUT2D eigenvalue weighted by Gasteiger charge is 2.06. The zero-order valence-corrected chi connectivity index (χ0v) is 8.95. The fraction of sp³-hybridized carbons (Fsp3) is 0. The predicted molar refractivity (Wildman–Crippen MR) is 64.7 cm³/mol. The van der Waals surface area contributed by atoms with Crippen molar-refractivity contribution >= 4 is 11.9 Å². The highest BCUT2D eigenvalue weighted by atomic mass is 16.5. The van der Waals surface area contributed by atoms with Crippen LogP contribution in [0.3, 0.4) is 0 Å². The van der Waals surface area contributed by atoms with Gasteiger partial charge in [0.1, 0.15) is 0 Å². The molecular weight excluding hydrogens is 218 g/mol. The summed E-state index contributed by atoms with van der Waals surface area (Å²) in [5, 5.41) is 30.2. The third-order valence-corrected chi connectivity index (χ3v) is 2.28. The molecule has 0 unspecified atom stereocenters. The van der Waals surface area contributed by atoms with Gasteiger partial charge in [-0.3, -0.25) is 0 Å². The first-order valence-corrected chi connectivity index (χ1v) is 5.05. The van der Waals surface area contributed by atoms with Crippen molar-refractivity contribution in [3.05, 3.63) is 59.3 Å². The minimum atomic E-state index is -0.315. The summed E-state index contributed by atoms with van der Waals surface area (Å²) < 4.78 is 0.633. The van der Waals surface area contributed by atoms with Crippen LogP contribution in [-0.2, 0) is 0 Å². The first-order chi connectivity index (χ1) is 8.16. The normalized spacial score (nSPS) is 11.4. The van der Waals surface area contributed by atoms with Gasteiger partial charge in [0, 0.05) is 11.6 Å². The van der Waals surface area contributed by atoms with Gasteiger partial charge in [-0.25, -0.2) is 0 Å². The Morgan fingerprint density at radius 2 is 1.65 bits per heavy atom. The van der Waals surface area contributed by atoms with Crippen molar-refractivity contribution in [1.29, 1.82) is 0 Å². The number of hydrogen-bond donors (Lipinski definition) is 2. The van der Waals surface area contributed by atoms with E-state index in [1.165, 1.54) is 24.4 Å². The van der Waals surface area contributed by atoms with Gasteiger partial charge in [-0.05, 0) is 18.2 Å². The third-order valence-electron chi connectivity index (χ3n) is 2.28. The van der Waals surface area contributed by atoms with Crippen molar-refractivity contribution in [2.75, 3.05) is 0 Å². The molecule has 0 aromatic heterocycles. The van der Waals surface area contributed by atoms with E-state index in [0.29, 0.717) is 4.74 Å². The van der Waals surface area contributed by atoms with E-state index in [4.69, 9.17) is 5.11 Å². The lowest BCUT2D eigenvalue weighted by Crippen LogP contribution is -1.98. The Morgan fingerprint density at radius 3 is 2.29 bits per heavy atom. The van der Waals surface area contributed by atoms with E-state index in [1.54, 1.807) is 12.1 Å². The van der Waals surface area contributed by atoms with E-state index < -0.39 is 0 Å². The molecule has 4 nitrogen and oxygen atoms in total. The van der Waals surface area contributed by atoms with Crippen molar-refractivity contribution in [2.24, 2.45) is 0 Å². The minimum Gasteiger partial charge on any atom is -0.618 e. The first kappa shape index (κ1) is 11.0. The molecule has 2 aromatic carbocycles. The molecule has 0 amide bonds. The standard InChI is InChI=1S/C13H11NO3/c15-12-7-6-11(8-13(12)16)14(17)9-10-4-2-1-3-5-10/h1-9,15-16H. The smallest absolute Gasteiger partial charge is 0.220 e. The molecule has 0 bridgehead atoms. The van der Waals surface area contributed by atoms with Crippen molar-refractivity contribution in [2.45, 2.75) is 0 Å². The molecule has 0 saturated carbocycles. The van der Waals surface area contributed by atoms with E-state index in [1.807, 2.05) is 18.2 Å². The summed E-state index contributed by atoms with van der Waals surface area (Å²) in [4.78, 5) is 0. The second-order valence-electron chi connectivity index (χ2n) is 3.54. The molecule has 0 radical (unpaired) electrons. The van der Waals surface area contributed by atoms with Crippen molar-refractivity contribution < 1.29 is 15.0 Å². The number of rotatable bonds is 2. The summed E-state index contributed by atoms with van der Waals surface area (Å²) in [7, 11) is 0. The molecular formula is C13H11NO3. The van der Waals surface area contributed by atoms with Crippen molar-refractivity contribution in [3.8, 4) is 11.5 Å². The van der Waals surface area contributed by atoms with Crippen LogP contribution in [0.15, 0.2) is 48.5 Å². The monoisotopic (exact) mass is 229 g/mol. The van der Waals surface area contributed by atoms with Gasteiger partial charge in [0.2, 0.25) is 5.69 Å². The predicted octanol–water partition coefficient (Wildman–Crippen LogP) is 2.36. The van der Waals surface area contributed by atoms with Crippen molar-refractivity contribution in [3.63, 3.8) is 0 Å². The molecule has 2 aromatic rings. The fourth-order valence-electron chi connectivity index (χ4n) is 1.40. The van der Waals surface area contributed by atoms with Gasteiger partial charge < -0.3 is 15.4 Å². The number of benzene rings is 2. The van der Waals surface area contributed by atoms with Crippen LogP contribution in [0.1, 0.15) is 5.56 Å². The molecule has 17 heavy (non-hydrogen) atoms. The average Bonchev–Trinajstić information content (AvgIpc) is 2.34. The number of phenolic OH excluding ortho intramolecular Hbond substituents is 2. The summed E-state index contributed by atoms with van der Waals surface area (Å²) in [5.74, 6) is -0.563. The van der Waals surface area contributed by atoms with Gasteiger partial charge in [-0.1, -0.05) is 18.2 Å². The summed E-state index contributed by atoms with van der Waals surface area (Å²) >= 11 is 0. The van der Waals surface area contributed by atoms with E-state index in [2.05, 4.69) is 0 Å². The van der Waals surface area contributed by atoms with Gasteiger partial charge in [-0.2, -0.15) is 4.74 Å². The summed E-state index contributed by atoms with van der Waals surface area (Å²) in [6, 6.07) is 13.0. The van der Waals surface area contributed by atoms with Crippen molar-refractivity contribution in [1.82, 2.24) is 0 Å². The molecule has 0 atom stereocenters. The molecule has 2 rings (SSSR count). The van der Waals surface area contributed by atoms with Crippen LogP contribution in [0, 0.1) is 5.21 Å². The Balaban J connectivity index is 2.34. The first-order valence-electron chi connectivity index (χ1n) is 5.05. The second-order valence-corrected chi connectivity index (χ2v) is 3.54. The maximum atomic E-state index is 11.7. The van der Waals surface area contributed by atoms with E-state index in [-0.39, 0.29) is 17.2 Å². The molecule has 2 N–H and O–H groups in total. The van der Waals surface area contributed by atoms with Crippen LogP contribution >= 0.6 is 0 Å². The minimum absolute atomic E-state index is 0.248. The highest BCUT2D eigenvalue weighted by Crippen LogP contribution is 2.28. The van der Waals surface area contributed by atoms with Gasteiger partial charge in [0.15, 0.2) is 17.7 Å². The molecule has 0 aliphatic rings. The fourth-order valence-corrected chi connectivity index (χ4v) is 1.40. The van der Waals surface area contributed by atoms with Gasteiger partial charge in [-0.15, -0.1) is 0 Å².